The molecule has 0 aliphatic carbocycles. The number of carbonyl (C=O) groups is 4. The van der Waals surface area contributed by atoms with Gasteiger partial charge in [-0.15, -0.1) is 0 Å². The van der Waals surface area contributed by atoms with E-state index in [1.165, 1.54) is 38.4 Å². The number of likely N-dealkylation sites (N-methyl/N-ethyl adjacent to an activating group) is 2. The van der Waals surface area contributed by atoms with Crippen molar-refractivity contribution in [2.24, 2.45) is 0 Å². The molecular weight excluding hydrogens is 933 g/mol. The second-order valence-corrected chi connectivity index (χ2v) is 19.2. The first-order valence-corrected chi connectivity index (χ1v) is 23.0. The Labute approximate surface area is 372 Å². The van der Waals surface area contributed by atoms with Crippen molar-refractivity contribution in [3.05, 3.63) is 60.7 Å². The third kappa shape index (κ3) is 10.8. The summed E-state index contributed by atoms with van der Waals surface area (Å²) in [4.78, 5) is 49.2. The molecule has 0 saturated heterocycles. The molecule has 332 valence electrons. The van der Waals surface area contributed by atoms with Gasteiger partial charge in [-0.2, -0.15) is 8.61 Å². The van der Waals surface area contributed by atoms with Crippen molar-refractivity contribution < 1.29 is 70.6 Å². The van der Waals surface area contributed by atoms with Crippen LogP contribution < -0.4 is 21.3 Å². The maximum Gasteiger partial charge on any atom is 0.246 e. The van der Waals surface area contributed by atoms with Gasteiger partial charge >= 0.3 is 0 Å². The minimum absolute atomic E-state index is 0. The van der Waals surface area contributed by atoms with Crippen LogP contribution in [0.2, 0.25) is 0 Å². The van der Waals surface area contributed by atoms with Crippen LogP contribution in [0.5, 0.6) is 5.75 Å². The molecule has 5 N–H and O–H groups in total. The standard InChI is InChI=1S/C40H51N6O11S3.Mo/c1-9-29(39(50)43-19-11-17-41-37(48)23(3)4)45(7)59(54,55)33-22-34(60(56,57)46(8)30(10-2)40(51)44-20-12-18-42-38(49)24(5)6)28-16-14-26-32(58(52)53)21-31(47)25-13-15-27(33)36(28)35(25)26;/h13-16,21-22,29-30,47H,3,5,9-12,17-20H2,1-2,4,6-8H3,(H,41,48)(H,42,49)(H,43,50)(H,44,51);/q-1;. The molecular formula is C40H51MoN6O11S3-. The van der Waals surface area contributed by atoms with E-state index in [4.69, 9.17) is 0 Å². The molecule has 4 rings (SSSR count). The van der Waals surface area contributed by atoms with E-state index < -0.39 is 70.2 Å². The SMILES string of the molecule is C=C(C)C(=O)NCCCNC(=O)C(CC)N(C)S(=O)(=O)c1cc(S(=O)(=O)N(C)C(CC)C(=O)NCCCNC(=O)C(=C)C)c2ccc3c([S-](=O)=O)cc(O)c4ccc1c2c43.[Mo]. The van der Waals surface area contributed by atoms with Crippen molar-refractivity contribution in [2.75, 3.05) is 40.3 Å². The van der Waals surface area contributed by atoms with Gasteiger partial charge in [0.05, 0.1) is 9.79 Å². The smallest absolute Gasteiger partial charge is 0.246 e. The zero-order valence-corrected chi connectivity index (χ0v) is 39.2. The predicted molar refractivity (Wildman–Crippen MR) is 228 cm³/mol. The summed E-state index contributed by atoms with van der Waals surface area (Å²) in [5.74, 6) is -2.45. The fourth-order valence-electron chi connectivity index (χ4n) is 6.85. The minimum atomic E-state index is -4.77. The number of rotatable bonds is 21. The number of hydrogen-bond acceptors (Lipinski definition) is 12. The van der Waals surface area contributed by atoms with E-state index in [2.05, 4.69) is 34.4 Å². The van der Waals surface area contributed by atoms with Gasteiger partial charge in [0, 0.05) is 94.0 Å². The van der Waals surface area contributed by atoms with E-state index >= 15 is 0 Å². The molecule has 0 radical (unpaired) electrons. The first-order chi connectivity index (χ1) is 28.1. The zero-order chi connectivity index (χ0) is 44.9. The number of hydrogen-bond donors (Lipinski definition) is 5. The summed E-state index contributed by atoms with van der Waals surface area (Å²) in [6.07, 6.45) is 0.672. The Morgan fingerprint density at radius 2 is 1.02 bits per heavy atom. The molecule has 0 saturated carbocycles. The largest absolute Gasteiger partial charge is 0.507 e. The summed E-state index contributed by atoms with van der Waals surface area (Å²) in [6.45, 7) is 14.1. The van der Waals surface area contributed by atoms with E-state index in [1.807, 2.05) is 0 Å². The van der Waals surface area contributed by atoms with Gasteiger partial charge in [0.25, 0.3) is 0 Å². The molecule has 0 aliphatic heterocycles. The average molecular weight is 984 g/mol. The Morgan fingerprint density at radius 3 is 1.39 bits per heavy atom. The van der Waals surface area contributed by atoms with Crippen LogP contribution in [-0.2, 0) is 79.4 Å². The molecule has 0 heterocycles. The molecule has 0 aromatic heterocycles. The Kier molecular flexibility index (Phi) is 17.6. The number of sulfonamides is 2. The number of phenolic OH excluding ortho intramolecular Hbond substituents is 1. The van der Waals surface area contributed by atoms with E-state index in [0.29, 0.717) is 24.0 Å². The van der Waals surface area contributed by atoms with Gasteiger partial charge in [0.1, 0.15) is 17.8 Å². The second kappa shape index (κ2) is 21.1. The van der Waals surface area contributed by atoms with Crippen LogP contribution in [0.25, 0.3) is 32.3 Å². The Morgan fingerprint density at radius 1 is 0.656 bits per heavy atom. The van der Waals surface area contributed by atoms with Crippen LogP contribution in [0.3, 0.4) is 0 Å². The Balaban J connectivity index is 0.00000992. The maximum absolute atomic E-state index is 14.8. The van der Waals surface area contributed by atoms with E-state index in [1.54, 1.807) is 27.7 Å². The predicted octanol–water partition coefficient (Wildman–Crippen LogP) is 3.15. The first kappa shape index (κ1) is 50.9. The quantitative estimate of drug-likeness (QED) is 0.0267. The van der Waals surface area contributed by atoms with Crippen LogP contribution in [-0.4, -0.2) is 107 Å². The number of carbonyl (C=O) groups excluding carboxylic acids is 4. The van der Waals surface area contributed by atoms with Gasteiger partial charge in [-0.1, -0.05) is 50.1 Å². The van der Waals surface area contributed by atoms with E-state index in [9.17, 15) is 49.5 Å². The van der Waals surface area contributed by atoms with Gasteiger partial charge in [-0.05, 0) is 79.2 Å². The Bertz CT molecular complexity index is 2550. The molecule has 2 unspecified atom stereocenters. The third-order valence-electron chi connectivity index (χ3n) is 10.2. The summed E-state index contributed by atoms with van der Waals surface area (Å²) in [7, 11) is -10.1. The van der Waals surface area contributed by atoms with Gasteiger partial charge in [-0.3, -0.25) is 19.2 Å². The second-order valence-electron chi connectivity index (χ2n) is 14.3. The van der Waals surface area contributed by atoms with Crippen LogP contribution in [0, 0.1) is 0 Å². The fourth-order valence-corrected chi connectivity index (χ4v) is 10.7. The average Bonchev–Trinajstić information content (AvgIpc) is 3.19. The van der Waals surface area contributed by atoms with Crippen LogP contribution >= 0.6 is 0 Å². The topological polar surface area (TPSA) is 246 Å². The zero-order valence-electron chi connectivity index (χ0n) is 34.7. The fraction of sp³-hybridized carbons (Fsp3) is 0.400. The van der Waals surface area contributed by atoms with Crippen LogP contribution in [0.4, 0.5) is 0 Å². The van der Waals surface area contributed by atoms with Crippen molar-refractivity contribution in [2.45, 2.75) is 80.1 Å². The number of nitrogens with zero attached hydrogens (tertiary/aromatic N) is 2. The molecule has 0 bridgehead atoms. The summed E-state index contributed by atoms with van der Waals surface area (Å²) in [5.41, 5.74) is 0.628. The minimum Gasteiger partial charge on any atom is -0.507 e. The number of phenols is 1. The molecule has 4 amide bonds. The van der Waals surface area contributed by atoms with Crippen molar-refractivity contribution in [1.82, 2.24) is 29.9 Å². The molecule has 2 atom stereocenters. The molecule has 4 aromatic rings. The number of benzene rings is 4. The third-order valence-corrected chi connectivity index (χ3v) is 14.7. The molecule has 0 fully saturated rings. The summed E-state index contributed by atoms with van der Waals surface area (Å²) >= 11 is 0. The first-order valence-electron chi connectivity index (χ1n) is 19.1. The molecule has 0 aliphatic rings. The normalized spacial score (nSPS) is 13.0. The van der Waals surface area contributed by atoms with Gasteiger partial charge in [0.15, 0.2) is 0 Å². The van der Waals surface area contributed by atoms with Gasteiger partial charge in [-0.25, -0.2) is 16.8 Å². The van der Waals surface area contributed by atoms with Gasteiger partial charge < -0.3 is 34.8 Å². The van der Waals surface area contributed by atoms with Gasteiger partial charge in [0.2, 0.25) is 43.7 Å². The van der Waals surface area contributed by atoms with Crippen molar-refractivity contribution in [1.29, 1.82) is 0 Å². The monoisotopic (exact) mass is 985 g/mol. The number of amides is 4. The van der Waals surface area contributed by atoms with Crippen LogP contribution in [0.15, 0.2) is 75.4 Å². The van der Waals surface area contributed by atoms with Crippen molar-refractivity contribution >= 4 is 86.7 Å². The van der Waals surface area contributed by atoms with E-state index in [-0.39, 0.29) is 109 Å². The van der Waals surface area contributed by atoms with Crippen LogP contribution in [0.1, 0.15) is 53.4 Å². The number of nitrogens with one attached hydrogen (secondary N) is 4. The molecule has 21 heteroatoms. The summed E-state index contributed by atoms with van der Waals surface area (Å²) < 4.78 is 85.5. The number of aromatic hydroxyl groups is 1. The molecule has 61 heavy (non-hydrogen) atoms. The molecule has 4 aromatic carbocycles. The summed E-state index contributed by atoms with van der Waals surface area (Å²) in [6, 6.07) is 4.94. The van der Waals surface area contributed by atoms with E-state index in [0.717, 1.165) is 20.7 Å². The molecule has 0 spiro atoms. The summed E-state index contributed by atoms with van der Waals surface area (Å²) in [5, 5.41) is 21.9. The molecule has 17 nitrogen and oxygen atoms in total. The maximum atomic E-state index is 14.8. The van der Waals surface area contributed by atoms with Crippen molar-refractivity contribution in [3.63, 3.8) is 0 Å². The Hall–Kier alpha value is -4.46. The van der Waals surface area contributed by atoms with Crippen molar-refractivity contribution in [3.8, 4) is 5.75 Å².